The first-order valence-corrected chi connectivity index (χ1v) is 11.0. The van der Waals surface area contributed by atoms with Crippen molar-refractivity contribution in [2.24, 2.45) is 0 Å². The van der Waals surface area contributed by atoms with Crippen LogP contribution in [0.25, 0.3) is 0 Å². The van der Waals surface area contributed by atoms with Gasteiger partial charge in [-0.05, 0) is 57.4 Å². The van der Waals surface area contributed by atoms with Crippen LogP contribution in [0.15, 0.2) is 48.5 Å². The molecule has 3 rings (SSSR count). The summed E-state index contributed by atoms with van der Waals surface area (Å²) in [6.45, 7) is 6.90. The highest BCUT2D eigenvalue weighted by Gasteiger charge is 2.28. The number of nitrogens with zero attached hydrogens (tertiary/aromatic N) is 1. The van der Waals surface area contributed by atoms with Gasteiger partial charge >= 0.3 is 6.09 Å². The van der Waals surface area contributed by atoms with Crippen molar-refractivity contribution in [3.05, 3.63) is 59.7 Å². The number of hydrogen-bond donors (Lipinski definition) is 2. The molecule has 1 fully saturated rings. The van der Waals surface area contributed by atoms with Crippen molar-refractivity contribution < 1.29 is 24.2 Å². The number of amides is 2. The Bertz CT molecular complexity index is 924. The first-order valence-electron chi connectivity index (χ1n) is 11.0. The lowest BCUT2D eigenvalue weighted by Crippen LogP contribution is -2.51. The molecule has 2 N–H and O–H groups in total. The summed E-state index contributed by atoms with van der Waals surface area (Å²) in [7, 11) is 0. The van der Waals surface area contributed by atoms with Gasteiger partial charge in [-0.3, -0.25) is 4.79 Å². The molecule has 1 heterocycles. The highest BCUT2D eigenvalue weighted by Crippen LogP contribution is 2.25. The first kappa shape index (κ1) is 23.4. The average molecular weight is 441 g/mol. The molecule has 2 aromatic rings. The van der Waals surface area contributed by atoms with Gasteiger partial charge in [0.15, 0.2) is 0 Å². The fraction of sp³-hybridized carbons (Fsp3) is 0.440. The Labute approximate surface area is 189 Å². The number of carbonyl (C=O) groups is 2. The summed E-state index contributed by atoms with van der Waals surface area (Å²) in [6, 6.07) is 14.4. The number of piperidine rings is 1. The van der Waals surface area contributed by atoms with Gasteiger partial charge in [0.05, 0.1) is 6.42 Å². The Balaban J connectivity index is 1.58. The largest absolute Gasteiger partial charge is 0.508 e. The van der Waals surface area contributed by atoms with Crippen LogP contribution in [0.3, 0.4) is 0 Å². The fourth-order valence-electron chi connectivity index (χ4n) is 3.62. The molecule has 1 atom stereocenters. The second kappa shape index (κ2) is 10.4. The second-order valence-corrected chi connectivity index (χ2v) is 9.08. The van der Waals surface area contributed by atoms with E-state index in [9.17, 15) is 14.7 Å². The molecule has 1 aliphatic rings. The molecule has 0 aliphatic carbocycles. The minimum atomic E-state index is -0.557. The highest BCUT2D eigenvalue weighted by atomic mass is 16.6. The third-order valence-corrected chi connectivity index (χ3v) is 5.07. The number of carbonyl (C=O) groups excluding carboxylic acids is 2. The molecule has 0 bridgehead atoms. The van der Waals surface area contributed by atoms with Gasteiger partial charge in [-0.2, -0.15) is 0 Å². The van der Waals surface area contributed by atoms with Gasteiger partial charge < -0.3 is 24.8 Å². The van der Waals surface area contributed by atoms with Gasteiger partial charge in [0, 0.05) is 24.7 Å². The van der Waals surface area contributed by atoms with Crippen LogP contribution in [0.4, 0.5) is 4.79 Å². The van der Waals surface area contributed by atoms with Crippen molar-refractivity contribution in [3.8, 4) is 11.5 Å². The van der Waals surface area contributed by atoms with Crippen LogP contribution in [0.2, 0.25) is 0 Å². The Kier molecular flexibility index (Phi) is 7.62. The van der Waals surface area contributed by atoms with Crippen molar-refractivity contribution in [1.82, 2.24) is 10.2 Å². The third-order valence-electron chi connectivity index (χ3n) is 5.07. The SMILES string of the molecule is CC(C)(C)OC(=O)N1CCC[C@H](NC(=O)Cc2cc(O)ccc2OCc2ccccc2)C1. The summed E-state index contributed by atoms with van der Waals surface area (Å²) in [5.74, 6) is 0.450. The Morgan fingerprint density at radius 1 is 1.16 bits per heavy atom. The molecule has 0 unspecified atom stereocenters. The van der Waals surface area contributed by atoms with Gasteiger partial charge in [0.25, 0.3) is 0 Å². The van der Waals surface area contributed by atoms with Crippen LogP contribution < -0.4 is 10.1 Å². The first-order chi connectivity index (χ1) is 15.2. The molecule has 2 amide bonds. The summed E-state index contributed by atoms with van der Waals surface area (Å²) in [4.78, 5) is 26.7. The predicted molar refractivity (Wildman–Crippen MR) is 122 cm³/mol. The number of phenols is 1. The van der Waals surface area contributed by atoms with E-state index in [1.54, 1.807) is 23.1 Å². The van der Waals surface area contributed by atoms with E-state index in [4.69, 9.17) is 9.47 Å². The molecule has 0 aromatic heterocycles. The van der Waals surface area contributed by atoms with E-state index >= 15 is 0 Å². The summed E-state index contributed by atoms with van der Waals surface area (Å²) in [5, 5.41) is 12.9. The smallest absolute Gasteiger partial charge is 0.410 e. The van der Waals surface area contributed by atoms with Gasteiger partial charge in [0.1, 0.15) is 23.7 Å². The number of nitrogens with one attached hydrogen (secondary N) is 1. The van der Waals surface area contributed by atoms with Gasteiger partial charge in [0.2, 0.25) is 5.91 Å². The molecule has 1 saturated heterocycles. The normalized spacial score (nSPS) is 16.3. The molecule has 7 nitrogen and oxygen atoms in total. The van der Waals surface area contributed by atoms with Crippen LogP contribution in [-0.2, 0) is 22.6 Å². The number of aromatic hydroxyl groups is 1. The van der Waals surface area contributed by atoms with E-state index in [1.165, 1.54) is 0 Å². The predicted octanol–water partition coefficient (Wildman–Crippen LogP) is 4.03. The maximum Gasteiger partial charge on any atom is 0.410 e. The lowest BCUT2D eigenvalue weighted by molar-refractivity contribution is -0.121. The number of benzene rings is 2. The van der Waals surface area contributed by atoms with Gasteiger partial charge in [-0.25, -0.2) is 4.79 Å². The molecule has 1 aliphatic heterocycles. The minimum Gasteiger partial charge on any atom is -0.508 e. The second-order valence-electron chi connectivity index (χ2n) is 9.08. The van der Waals surface area contributed by atoms with E-state index in [0.717, 1.165) is 18.4 Å². The standard InChI is InChI=1S/C25H32N2O5/c1-25(2,3)32-24(30)27-13-7-10-20(16-27)26-23(29)15-19-14-21(28)11-12-22(19)31-17-18-8-5-4-6-9-18/h4-6,8-9,11-12,14,20,28H,7,10,13,15-17H2,1-3H3,(H,26,29)/t20-/m0/s1. The molecule has 2 aromatic carbocycles. The summed E-state index contributed by atoms with van der Waals surface area (Å²) in [6.07, 6.45) is 1.30. The minimum absolute atomic E-state index is 0.0709. The summed E-state index contributed by atoms with van der Waals surface area (Å²) < 4.78 is 11.4. The van der Waals surface area contributed by atoms with Crippen molar-refractivity contribution in [1.29, 1.82) is 0 Å². The molecule has 32 heavy (non-hydrogen) atoms. The van der Waals surface area contributed by atoms with Gasteiger partial charge in [-0.1, -0.05) is 30.3 Å². The zero-order chi connectivity index (χ0) is 23.1. The fourth-order valence-corrected chi connectivity index (χ4v) is 3.62. The molecule has 0 saturated carbocycles. The Morgan fingerprint density at radius 3 is 2.62 bits per heavy atom. The number of ether oxygens (including phenoxy) is 2. The number of rotatable bonds is 6. The number of hydrogen-bond acceptors (Lipinski definition) is 5. The topological polar surface area (TPSA) is 88.1 Å². The summed E-state index contributed by atoms with van der Waals surface area (Å²) in [5.41, 5.74) is 1.07. The van der Waals surface area contributed by atoms with E-state index in [1.807, 2.05) is 51.1 Å². The summed E-state index contributed by atoms with van der Waals surface area (Å²) >= 11 is 0. The quantitative estimate of drug-likeness (QED) is 0.708. The zero-order valence-corrected chi connectivity index (χ0v) is 19.0. The van der Waals surface area contributed by atoms with Crippen LogP contribution in [0.5, 0.6) is 11.5 Å². The molecule has 7 heteroatoms. The molecular weight excluding hydrogens is 408 g/mol. The molecule has 0 spiro atoms. The maximum absolute atomic E-state index is 12.7. The van der Waals surface area contributed by atoms with Crippen LogP contribution >= 0.6 is 0 Å². The highest BCUT2D eigenvalue weighted by molar-refractivity contribution is 5.80. The van der Waals surface area contributed by atoms with Crippen molar-refractivity contribution >= 4 is 12.0 Å². The maximum atomic E-state index is 12.7. The zero-order valence-electron chi connectivity index (χ0n) is 19.0. The Morgan fingerprint density at radius 2 is 1.91 bits per heavy atom. The van der Waals surface area contributed by atoms with Crippen LogP contribution in [0.1, 0.15) is 44.7 Å². The number of phenolic OH excluding ortho intramolecular Hbond substituents is 1. The van der Waals surface area contributed by atoms with Gasteiger partial charge in [-0.15, -0.1) is 0 Å². The van der Waals surface area contributed by atoms with Crippen molar-refractivity contribution in [2.45, 2.75) is 58.3 Å². The molecule has 0 radical (unpaired) electrons. The van der Waals surface area contributed by atoms with E-state index in [-0.39, 0.29) is 30.2 Å². The van der Waals surface area contributed by atoms with E-state index in [0.29, 0.717) is 31.0 Å². The van der Waals surface area contributed by atoms with Crippen LogP contribution in [-0.4, -0.2) is 46.7 Å². The molecule has 172 valence electrons. The lowest BCUT2D eigenvalue weighted by Gasteiger charge is -2.34. The molecular formula is C25H32N2O5. The Hall–Kier alpha value is -3.22. The van der Waals surface area contributed by atoms with Crippen molar-refractivity contribution in [3.63, 3.8) is 0 Å². The average Bonchev–Trinajstić information content (AvgIpc) is 2.73. The van der Waals surface area contributed by atoms with Crippen molar-refractivity contribution in [2.75, 3.05) is 13.1 Å². The van der Waals surface area contributed by atoms with E-state index < -0.39 is 5.60 Å². The van der Waals surface area contributed by atoms with Crippen LogP contribution in [0, 0.1) is 0 Å². The van der Waals surface area contributed by atoms with E-state index in [2.05, 4.69) is 5.32 Å². The monoisotopic (exact) mass is 440 g/mol. The third kappa shape index (κ3) is 7.18. The lowest BCUT2D eigenvalue weighted by atomic mass is 10.0. The number of likely N-dealkylation sites (tertiary alicyclic amines) is 1.